The summed E-state index contributed by atoms with van der Waals surface area (Å²) < 4.78 is 19.2. The molecular formula is C31H50N8O4S+2. The van der Waals surface area contributed by atoms with Gasteiger partial charge in [0.2, 0.25) is 5.91 Å². The third-order valence-electron chi connectivity index (χ3n) is 6.52. The molecule has 242 valence electrons. The summed E-state index contributed by atoms with van der Waals surface area (Å²) in [5.41, 5.74) is 9.36. The summed E-state index contributed by atoms with van der Waals surface area (Å²) in [7, 11) is 12.8. The van der Waals surface area contributed by atoms with Crippen LogP contribution in [-0.4, -0.2) is 123 Å². The summed E-state index contributed by atoms with van der Waals surface area (Å²) in [5, 5.41) is 22.4. The van der Waals surface area contributed by atoms with Gasteiger partial charge in [-0.1, -0.05) is 0 Å². The number of hydrogen-bond donors (Lipinski definition) is 3. The highest BCUT2D eigenvalue weighted by molar-refractivity contribution is 7.17. The standard InChI is InChI=1S/C31H49N8O4S/c1-24-27(22-32)31(44-30(24)23-33)36-35-26-9-10-29(28(21-26)34-25(2)40)37(11-15-41-17-13-38(3,4)5)12-16-42-19-20-43-18-14-39(6,7)8/h9-10,21,35-36H,11-20H2,1-8H3/q+1/p+1. The number of nitrogens with one attached hydrogen (secondary N) is 3. The zero-order valence-electron chi connectivity index (χ0n) is 27.6. The molecule has 0 unspecified atom stereocenters. The number of anilines is 4. The van der Waals surface area contributed by atoms with Gasteiger partial charge in [0.15, 0.2) is 0 Å². The summed E-state index contributed by atoms with van der Waals surface area (Å²) in [6.07, 6.45) is 0. The number of hydrogen-bond acceptors (Lipinski definition) is 10. The maximum Gasteiger partial charge on any atom is 0.221 e. The first-order valence-electron chi connectivity index (χ1n) is 14.7. The van der Waals surface area contributed by atoms with Gasteiger partial charge in [-0.25, -0.2) is 0 Å². The number of benzene rings is 1. The lowest BCUT2D eigenvalue weighted by molar-refractivity contribution is -0.870. The van der Waals surface area contributed by atoms with Crippen LogP contribution in [0.25, 0.3) is 0 Å². The Morgan fingerprint density at radius 1 is 0.864 bits per heavy atom. The number of thiophene rings is 1. The molecule has 0 atom stereocenters. The van der Waals surface area contributed by atoms with Crippen molar-refractivity contribution in [3.05, 3.63) is 34.2 Å². The van der Waals surface area contributed by atoms with Crippen LogP contribution in [0.4, 0.5) is 22.1 Å². The van der Waals surface area contributed by atoms with Crippen LogP contribution in [0.5, 0.6) is 0 Å². The minimum Gasteiger partial charge on any atom is -0.377 e. The van der Waals surface area contributed by atoms with Crippen LogP contribution in [-0.2, 0) is 19.0 Å². The number of rotatable bonds is 20. The fraction of sp³-hybridized carbons (Fsp3) is 0.581. The number of amides is 1. The van der Waals surface area contributed by atoms with Crippen LogP contribution in [0.2, 0.25) is 0 Å². The average Bonchev–Trinajstić information content (AvgIpc) is 3.24. The first-order valence-corrected chi connectivity index (χ1v) is 15.5. The van der Waals surface area contributed by atoms with Crippen molar-refractivity contribution in [1.29, 1.82) is 10.5 Å². The van der Waals surface area contributed by atoms with Crippen LogP contribution < -0.4 is 21.1 Å². The van der Waals surface area contributed by atoms with Gasteiger partial charge in [0.1, 0.15) is 35.1 Å². The fourth-order valence-corrected chi connectivity index (χ4v) is 4.86. The van der Waals surface area contributed by atoms with Crippen LogP contribution >= 0.6 is 11.3 Å². The molecular weight excluding hydrogens is 580 g/mol. The van der Waals surface area contributed by atoms with Gasteiger partial charge in [0.05, 0.1) is 105 Å². The fourth-order valence-electron chi connectivity index (χ4n) is 3.95. The average molecular weight is 631 g/mol. The van der Waals surface area contributed by atoms with Crippen molar-refractivity contribution >= 4 is 39.3 Å². The van der Waals surface area contributed by atoms with E-state index in [1.54, 1.807) is 6.92 Å². The lowest BCUT2D eigenvalue weighted by Gasteiger charge is -2.28. The molecule has 0 fully saturated rings. The van der Waals surface area contributed by atoms with Gasteiger partial charge in [-0.2, -0.15) is 10.5 Å². The van der Waals surface area contributed by atoms with E-state index >= 15 is 0 Å². The number of carbonyl (C=O) groups is 1. The second-order valence-electron chi connectivity index (χ2n) is 12.5. The number of likely N-dealkylation sites (N-methyl/N-ethyl adjacent to an activating group) is 2. The largest absolute Gasteiger partial charge is 0.377 e. The Bertz CT molecular complexity index is 1290. The summed E-state index contributed by atoms with van der Waals surface area (Å²) in [5.74, 6) is -0.197. The summed E-state index contributed by atoms with van der Waals surface area (Å²) in [6, 6.07) is 9.93. The van der Waals surface area contributed by atoms with Crippen molar-refractivity contribution in [3.63, 3.8) is 0 Å². The van der Waals surface area contributed by atoms with Crippen LogP contribution in [0.1, 0.15) is 22.9 Å². The van der Waals surface area contributed by atoms with Gasteiger partial charge in [-0.05, 0) is 30.7 Å². The SMILES string of the molecule is CC(=O)Nc1cc(NNc2sc(C#N)c(C)c2C#N)ccc1N(CCOCCOCC[N+](C)(C)C)CCOCC[N+](C)(C)C. The van der Waals surface area contributed by atoms with Gasteiger partial charge in [-0.3, -0.25) is 10.2 Å². The van der Waals surface area contributed by atoms with E-state index in [0.29, 0.717) is 85.1 Å². The van der Waals surface area contributed by atoms with Gasteiger partial charge in [-0.15, -0.1) is 11.3 Å². The van der Waals surface area contributed by atoms with E-state index in [0.717, 1.165) is 27.7 Å². The van der Waals surface area contributed by atoms with E-state index < -0.39 is 0 Å². The van der Waals surface area contributed by atoms with Gasteiger partial charge in [0.25, 0.3) is 0 Å². The molecule has 0 aliphatic heterocycles. The lowest BCUT2D eigenvalue weighted by atomic mass is 10.2. The Hall–Kier alpha value is -3.43. The van der Waals surface area contributed by atoms with E-state index in [1.807, 2.05) is 18.2 Å². The topological polar surface area (TPSA) is 132 Å². The lowest BCUT2D eigenvalue weighted by Crippen LogP contribution is -2.38. The molecule has 1 heterocycles. The molecule has 0 aliphatic carbocycles. The highest BCUT2D eigenvalue weighted by Gasteiger charge is 2.17. The third kappa shape index (κ3) is 13.5. The van der Waals surface area contributed by atoms with Crippen LogP contribution in [0.15, 0.2) is 18.2 Å². The van der Waals surface area contributed by atoms with Crippen molar-refractivity contribution < 1.29 is 28.0 Å². The number of carbonyl (C=O) groups excluding carboxylic acids is 1. The predicted molar refractivity (Wildman–Crippen MR) is 177 cm³/mol. The van der Waals surface area contributed by atoms with Crippen LogP contribution in [0, 0.1) is 29.6 Å². The molecule has 3 N–H and O–H groups in total. The van der Waals surface area contributed by atoms with Crippen LogP contribution in [0.3, 0.4) is 0 Å². The molecule has 1 aromatic heterocycles. The van der Waals surface area contributed by atoms with Crippen molar-refractivity contribution in [2.45, 2.75) is 13.8 Å². The molecule has 13 heteroatoms. The molecule has 0 aliphatic rings. The number of nitriles is 2. The normalized spacial score (nSPS) is 11.5. The molecule has 2 aromatic rings. The van der Waals surface area contributed by atoms with E-state index in [-0.39, 0.29) is 5.91 Å². The predicted octanol–water partition coefficient (Wildman–Crippen LogP) is 3.47. The Morgan fingerprint density at radius 2 is 1.43 bits per heavy atom. The molecule has 0 spiro atoms. The van der Waals surface area contributed by atoms with E-state index in [2.05, 4.69) is 75.5 Å². The molecule has 44 heavy (non-hydrogen) atoms. The minimum absolute atomic E-state index is 0.197. The molecule has 0 bridgehead atoms. The maximum absolute atomic E-state index is 12.2. The van der Waals surface area contributed by atoms with Crippen molar-refractivity contribution in [3.8, 4) is 12.1 Å². The summed E-state index contributed by atoms with van der Waals surface area (Å²) >= 11 is 1.21. The van der Waals surface area contributed by atoms with E-state index in [4.69, 9.17) is 14.2 Å². The first kappa shape index (κ1) is 36.8. The monoisotopic (exact) mass is 630 g/mol. The van der Waals surface area contributed by atoms with E-state index in [1.165, 1.54) is 18.3 Å². The third-order valence-corrected chi connectivity index (χ3v) is 7.64. The van der Waals surface area contributed by atoms with Gasteiger partial charge >= 0.3 is 0 Å². The molecule has 0 radical (unpaired) electrons. The first-order chi connectivity index (χ1) is 20.7. The van der Waals surface area contributed by atoms with E-state index in [9.17, 15) is 15.3 Å². The zero-order chi connectivity index (χ0) is 32.8. The van der Waals surface area contributed by atoms with Gasteiger partial charge < -0.3 is 38.8 Å². The Balaban J connectivity index is 2.13. The summed E-state index contributed by atoms with van der Waals surface area (Å²) in [4.78, 5) is 14.8. The minimum atomic E-state index is -0.197. The second kappa shape index (κ2) is 17.8. The molecule has 2 rings (SSSR count). The number of hydrazine groups is 1. The molecule has 0 saturated heterocycles. The van der Waals surface area contributed by atoms with Crippen molar-refractivity contribution in [1.82, 2.24) is 0 Å². The zero-order valence-corrected chi connectivity index (χ0v) is 28.4. The Labute approximate surface area is 266 Å². The number of quaternary nitrogens is 2. The highest BCUT2D eigenvalue weighted by atomic mass is 32.1. The number of nitrogens with zero attached hydrogens (tertiary/aromatic N) is 5. The van der Waals surface area contributed by atoms with Gasteiger partial charge in [0, 0.05) is 20.0 Å². The molecule has 1 amide bonds. The quantitative estimate of drug-likeness (QED) is 0.114. The second-order valence-corrected chi connectivity index (χ2v) is 13.5. The molecule has 12 nitrogen and oxygen atoms in total. The highest BCUT2D eigenvalue weighted by Crippen LogP contribution is 2.33. The smallest absolute Gasteiger partial charge is 0.221 e. The number of ether oxygens (including phenoxy) is 3. The molecule has 1 aromatic carbocycles. The van der Waals surface area contributed by atoms with Crippen molar-refractivity contribution in [2.24, 2.45) is 0 Å². The van der Waals surface area contributed by atoms with Crippen molar-refractivity contribution in [2.75, 3.05) is 129 Å². The summed E-state index contributed by atoms with van der Waals surface area (Å²) in [6.45, 7) is 9.61. The molecule has 0 saturated carbocycles. The Kier molecular flexibility index (Phi) is 14.8. The Morgan fingerprint density at radius 3 is 1.95 bits per heavy atom. The maximum atomic E-state index is 12.2.